The van der Waals surface area contributed by atoms with E-state index in [0.29, 0.717) is 43.8 Å². The smallest absolute Gasteiger partial charge is 0.319 e. The van der Waals surface area contributed by atoms with E-state index in [1.54, 1.807) is 27.1 Å². The zero-order valence-corrected chi connectivity index (χ0v) is 24.1. The van der Waals surface area contributed by atoms with Gasteiger partial charge in [-0.2, -0.15) is 9.97 Å². The van der Waals surface area contributed by atoms with E-state index in [1.165, 1.54) is 9.80 Å². The van der Waals surface area contributed by atoms with Crippen molar-refractivity contribution in [3.05, 3.63) is 57.9 Å². The Hall–Kier alpha value is -3.70. The number of benzene rings is 2. The molecule has 0 spiro atoms. The van der Waals surface area contributed by atoms with Gasteiger partial charge in [0, 0.05) is 68.6 Å². The SMILES string of the molecule is CN(C)C(=O)CCOc1nc(N2CCN(C(N)=O)CC2)c2cc(Cl)c([C@H]3CC(C)(O)Cc4ccccc43)c(F)c2n1. The number of urea groups is 1. The summed E-state index contributed by atoms with van der Waals surface area (Å²) in [4.78, 5) is 37.7. The highest BCUT2D eigenvalue weighted by molar-refractivity contribution is 6.32. The molecule has 1 unspecified atom stereocenters. The molecule has 41 heavy (non-hydrogen) atoms. The van der Waals surface area contributed by atoms with Gasteiger partial charge in [0.05, 0.1) is 12.0 Å². The van der Waals surface area contributed by atoms with Crippen molar-refractivity contribution in [2.45, 2.75) is 37.7 Å². The third-order valence-corrected chi connectivity index (χ3v) is 8.12. The highest BCUT2D eigenvalue weighted by atomic mass is 35.5. The Bertz CT molecular complexity index is 1490. The lowest BCUT2D eigenvalue weighted by atomic mass is 9.72. The van der Waals surface area contributed by atoms with Crippen molar-refractivity contribution in [3.63, 3.8) is 0 Å². The zero-order chi connectivity index (χ0) is 29.5. The number of aliphatic hydroxyl groups is 1. The summed E-state index contributed by atoms with van der Waals surface area (Å²) in [6.45, 7) is 3.32. The van der Waals surface area contributed by atoms with Crippen LogP contribution in [0.5, 0.6) is 6.01 Å². The minimum atomic E-state index is -1.05. The van der Waals surface area contributed by atoms with Gasteiger partial charge in [0.2, 0.25) is 5.91 Å². The average molecular weight is 585 g/mol. The molecule has 2 aliphatic rings. The van der Waals surface area contributed by atoms with E-state index in [2.05, 4.69) is 9.97 Å². The molecule has 1 saturated heterocycles. The second-order valence-electron chi connectivity index (χ2n) is 11.1. The Morgan fingerprint density at radius 1 is 1.22 bits per heavy atom. The molecule has 0 saturated carbocycles. The number of ether oxygens (including phenoxy) is 1. The Kier molecular flexibility index (Phi) is 7.93. The maximum absolute atomic E-state index is 16.7. The Balaban J connectivity index is 1.60. The number of primary amides is 1. The number of amides is 3. The molecule has 2 atom stereocenters. The van der Waals surface area contributed by atoms with Crippen LogP contribution in [-0.4, -0.2) is 89.3 Å². The molecular weight excluding hydrogens is 551 g/mol. The number of hydrogen-bond acceptors (Lipinski definition) is 7. The lowest BCUT2D eigenvalue weighted by molar-refractivity contribution is -0.129. The number of anilines is 1. The minimum Gasteiger partial charge on any atom is -0.463 e. The van der Waals surface area contributed by atoms with E-state index >= 15 is 4.39 Å². The van der Waals surface area contributed by atoms with Crippen LogP contribution in [0.3, 0.4) is 0 Å². The van der Waals surface area contributed by atoms with Crippen LogP contribution in [0.4, 0.5) is 15.0 Å². The number of aromatic nitrogens is 2. The van der Waals surface area contributed by atoms with Gasteiger partial charge < -0.3 is 30.3 Å². The quantitative estimate of drug-likeness (QED) is 0.455. The van der Waals surface area contributed by atoms with Gasteiger partial charge >= 0.3 is 12.0 Å². The normalized spacial score (nSPS) is 20.6. The minimum absolute atomic E-state index is 0.0122. The maximum atomic E-state index is 16.7. The molecule has 1 aromatic heterocycles. The summed E-state index contributed by atoms with van der Waals surface area (Å²) in [5, 5.41) is 11.7. The predicted molar refractivity (Wildman–Crippen MR) is 154 cm³/mol. The van der Waals surface area contributed by atoms with Crippen LogP contribution >= 0.6 is 11.6 Å². The molecule has 0 bridgehead atoms. The number of carbonyl (C=O) groups excluding carboxylic acids is 2. The number of piperazine rings is 1. The van der Waals surface area contributed by atoms with Crippen LogP contribution in [0.25, 0.3) is 10.9 Å². The Morgan fingerprint density at radius 2 is 1.93 bits per heavy atom. The molecule has 218 valence electrons. The summed E-state index contributed by atoms with van der Waals surface area (Å²) in [5.74, 6) is -0.821. The number of halogens is 2. The number of nitrogens with two attached hydrogens (primary N) is 1. The molecule has 3 amide bonds. The van der Waals surface area contributed by atoms with Gasteiger partial charge in [-0.15, -0.1) is 0 Å². The first-order valence-corrected chi connectivity index (χ1v) is 13.9. The molecule has 2 heterocycles. The van der Waals surface area contributed by atoms with Gasteiger partial charge in [0.25, 0.3) is 0 Å². The molecule has 12 heteroatoms. The monoisotopic (exact) mass is 584 g/mol. The number of carbonyl (C=O) groups is 2. The van der Waals surface area contributed by atoms with Crippen molar-refractivity contribution in [3.8, 4) is 6.01 Å². The first-order valence-electron chi connectivity index (χ1n) is 13.6. The largest absolute Gasteiger partial charge is 0.463 e. The van der Waals surface area contributed by atoms with E-state index in [0.717, 1.165) is 11.1 Å². The molecule has 1 fully saturated rings. The van der Waals surface area contributed by atoms with Crippen LogP contribution in [-0.2, 0) is 11.2 Å². The van der Waals surface area contributed by atoms with Crippen LogP contribution < -0.4 is 15.4 Å². The van der Waals surface area contributed by atoms with Crippen molar-refractivity contribution in [2.75, 3.05) is 51.8 Å². The summed E-state index contributed by atoms with van der Waals surface area (Å²) in [6, 6.07) is 8.76. The summed E-state index contributed by atoms with van der Waals surface area (Å²) >= 11 is 6.83. The summed E-state index contributed by atoms with van der Waals surface area (Å²) in [6.07, 6.45) is 0.845. The maximum Gasteiger partial charge on any atom is 0.319 e. The fourth-order valence-corrected chi connectivity index (χ4v) is 6.04. The van der Waals surface area contributed by atoms with E-state index in [-0.39, 0.29) is 47.5 Å². The van der Waals surface area contributed by atoms with Gasteiger partial charge in [-0.1, -0.05) is 35.9 Å². The van der Waals surface area contributed by atoms with Crippen molar-refractivity contribution in [2.24, 2.45) is 5.73 Å². The average Bonchev–Trinajstić information content (AvgIpc) is 2.92. The molecule has 0 radical (unpaired) electrons. The molecule has 10 nitrogen and oxygen atoms in total. The van der Waals surface area contributed by atoms with Crippen molar-refractivity contribution in [1.29, 1.82) is 0 Å². The van der Waals surface area contributed by atoms with Gasteiger partial charge in [-0.25, -0.2) is 9.18 Å². The molecular formula is C29H34ClFN6O4. The van der Waals surface area contributed by atoms with Crippen LogP contribution in [0, 0.1) is 5.82 Å². The molecule has 2 aromatic carbocycles. The molecule has 5 rings (SSSR count). The van der Waals surface area contributed by atoms with Crippen molar-refractivity contribution >= 4 is 40.3 Å². The highest BCUT2D eigenvalue weighted by Crippen LogP contribution is 2.46. The Labute approximate surface area is 242 Å². The molecule has 3 N–H and O–H groups in total. The lowest BCUT2D eigenvalue weighted by Crippen LogP contribution is -2.50. The van der Waals surface area contributed by atoms with E-state index in [4.69, 9.17) is 22.1 Å². The highest BCUT2D eigenvalue weighted by Gasteiger charge is 2.37. The van der Waals surface area contributed by atoms with Gasteiger partial charge in [-0.05, 0) is 30.5 Å². The first-order chi connectivity index (χ1) is 19.4. The van der Waals surface area contributed by atoms with Crippen LogP contribution in [0.1, 0.15) is 42.4 Å². The number of rotatable bonds is 6. The second kappa shape index (κ2) is 11.3. The first kappa shape index (κ1) is 28.8. The van der Waals surface area contributed by atoms with Crippen LogP contribution in [0.2, 0.25) is 5.02 Å². The number of nitrogens with zero attached hydrogens (tertiary/aromatic N) is 5. The standard InChI is InChI=1S/C29H34ClFN6O4/c1-29(40)15-17-6-4-5-7-18(17)20(16-29)23-21(30)14-19-25(24(23)31)33-28(41-13-8-22(38)35(2)3)34-26(19)36-9-11-37(12-10-36)27(32)39/h4-7,14,20,40H,8-13,15-16H2,1-3H3,(H2,32,39)/t20-,29?/m0/s1. The molecule has 3 aromatic rings. The summed E-state index contributed by atoms with van der Waals surface area (Å²) in [7, 11) is 3.31. The fraction of sp³-hybridized carbons (Fsp3) is 0.448. The van der Waals surface area contributed by atoms with Crippen molar-refractivity contribution in [1.82, 2.24) is 19.8 Å². The lowest BCUT2D eigenvalue weighted by Gasteiger charge is -2.37. The predicted octanol–water partition coefficient (Wildman–Crippen LogP) is 3.31. The fourth-order valence-electron chi connectivity index (χ4n) is 5.72. The van der Waals surface area contributed by atoms with E-state index < -0.39 is 23.4 Å². The van der Waals surface area contributed by atoms with E-state index in [9.17, 15) is 14.7 Å². The second-order valence-corrected chi connectivity index (χ2v) is 11.5. The summed E-state index contributed by atoms with van der Waals surface area (Å²) in [5.41, 5.74) is 6.54. The number of hydrogen-bond donors (Lipinski definition) is 2. The van der Waals surface area contributed by atoms with Crippen LogP contribution in [0.15, 0.2) is 30.3 Å². The van der Waals surface area contributed by atoms with Gasteiger partial charge in [0.1, 0.15) is 17.9 Å². The third-order valence-electron chi connectivity index (χ3n) is 7.81. The summed E-state index contributed by atoms with van der Waals surface area (Å²) < 4.78 is 22.4. The van der Waals surface area contributed by atoms with E-state index in [1.807, 2.05) is 29.2 Å². The van der Waals surface area contributed by atoms with Gasteiger partial charge in [-0.3, -0.25) is 4.79 Å². The van der Waals surface area contributed by atoms with Gasteiger partial charge in [0.15, 0.2) is 5.82 Å². The van der Waals surface area contributed by atoms with Crippen molar-refractivity contribution < 1.29 is 23.8 Å². The number of fused-ring (bicyclic) bond motifs is 2. The Morgan fingerprint density at radius 3 is 2.61 bits per heavy atom. The zero-order valence-electron chi connectivity index (χ0n) is 23.4. The molecule has 1 aliphatic carbocycles. The molecule has 1 aliphatic heterocycles. The topological polar surface area (TPSA) is 125 Å². The third kappa shape index (κ3) is 5.87.